The fourth-order valence-electron chi connectivity index (χ4n) is 10.2. The van der Waals surface area contributed by atoms with Gasteiger partial charge in [-0.05, 0) is 137 Å². The van der Waals surface area contributed by atoms with Gasteiger partial charge in [-0.15, -0.1) is 0 Å². The van der Waals surface area contributed by atoms with E-state index >= 15 is 0 Å². The normalized spacial score (nSPS) is 23.0. The number of fused-ring (bicyclic) bond motifs is 1. The van der Waals surface area contributed by atoms with Crippen molar-refractivity contribution in [1.29, 1.82) is 0 Å². The van der Waals surface area contributed by atoms with E-state index in [1.807, 2.05) is 30.4 Å². The minimum Gasteiger partial charge on any atom is -0.444 e. The summed E-state index contributed by atoms with van der Waals surface area (Å²) in [7, 11) is -0.620. The van der Waals surface area contributed by atoms with Crippen LogP contribution in [0.25, 0.3) is 0 Å². The van der Waals surface area contributed by atoms with Gasteiger partial charge in [-0.1, -0.05) is 86.8 Å². The smallest absolute Gasteiger partial charge is 0.410 e. The Hall–Kier alpha value is -6.85. The minimum atomic E-state index is -2.09. The van der Waals surface area contributed by atoms with Crippen LogP contribution in [0.3, 0.4) is 0 Å². The number of nitrogens with one attached hydrogen (secondary N) is 6. The third kappa shape index (κ3) is 15.2. The number of anilines is 1. The lowest BCUT2D eigenvalue weighted by molar-refractivity contribution is -0.141. The molecule has 4 aliphatic rings. The topological polar surface area (TPSA) is 207 Å². The van der Waals surface area contributed by atoms with Crippen molar-refractivity contribution in [2.24, 2.45) is 0 Å². The van der Waals surface area contributed by atoms with Gasteiger partial charge in [0.05, 0.1) is 26.2 Å². The highest BCUT2D eigenvalue weighted by Gasteiger charge is 2.47. The molecule has 2 fully saturated rings. The van der Waals surface area contributed by atoms with E-state index in [4.69, 9.17) is 4.74 Å². The van der Waals surface area contributed by atoms with Gasteiger partial charge in [-0.25, -0.2) is 4.79 Å². The van der Waals surface area contributed by atoms with E-state index < -0.39 is 61.7 Å². The monoisotopic (exact) mass is 1040 g/mol. The Bertz CT molecular complexity index is 2660. The van der Waals surface area contributed by atoms with Gasteiger partial charge in [0.2, 0.25) is 23.6 Å². The maximum atomic E-state index is 14.9. The first kappa shape index (κ1) is 55.9. The summed E-state index contributed by atoms with van der Waals surface area (Å²) in [6.45, 7) is 15.7. The van der Waals surface area contributed by atoms with Crippen LogP contribution in [0.15, 0.2) is 109 Å². The third-order valence-corrected chi connectivity index (χ3v) is 17.2. The minimum absolute atomic E-state index is 0.0609. The lowest BCUT2D eigenvalue weighted by Gasteiger charge is -2.33. The molecule has 2 aliphatic heterocycles. The predicted octanol–water partition coefficient (Wildman–Crippen LogP) is 7.06. The van der Waals surface area contributed by atoms with Crippen molar-refractivity contribution in [3.05, 3.63) is 137 Å². The van der Waals surface area contributed by atoms with Crippen LogP contribution in [0.4, 0.5) is 10.5 Å². The Balaban J connectivity index is 0.977. The van der Waals surface area contributed by atoms with Crippen LogP contribution in [0.1, 0.15) is 116 Å². The highest BCUT2D eigenvalue weighted by atomic mass is 28.3. The summed E-state index contributed by atoms with van der Waals surface area (Å²) in [5, 5.41) is 18.5. The molecule has 3 aromatic rings. The average Bonchev–Trinajstić information content (AvgIpc) is 3.99. The second-order valence-corrected chi connectivity index (χ2v) is 27.4. The molecule has 7 atom stereocenters. The molecule has 0 bridgehead atoms. The number of rotatable bonds is 14. The Morgan fingerprint density at radius 2 is 1.52 bits per heavy atom. The molecular weight excluding hydrogens is 965 g/mol. The van der Waals surface area contributed by atoms with E-state index in [-0.39, 0.29) is 42.3 Å². The summed E-state index contributed by atoms with van der Waals surface area (Å²) in [4.78, 5) is 99.0. The largest absolute Gasteiger partial charge is 0.444 e. The number of allylic oxidation sites excluding steroid dienone is 3. The standard InChI is InChI=1S/C58H76N8O8Si/c1-37-18-13-11-9-10-12-14-22-46(37)62-54(70)48-33-44(34-59-48)61-53(69)42-28-26-41(27-29-42)52(68)60-43-30-24-39(25-31-43)32-49(64-51(67)38(2)65(6)57(73)74-58(3,4)5)56(72)66-36-75(7,8)35-50(66)55(71)63-47-23-17-20-40-19-15-16-21-45(40)47/h9,11,13,15-16,18-19,21,24-31,38,44,46-50,59H,1,10,12,14,17,20,22-23,32-36H2,2-8H3,(H,60,68)(H,61,69)(H,62,70)(H,63,71)(H,64,67)/b11-9-,18-13-/t38-,44-,46+,47+,48-,49-,50-/m0/s1. The molecule has 2 aliphatic carbocycles. The van der Waals surface area contributed by atoms with Gasteiger partial charge in [0.1, 0.15) is 23.7 Å². The van der Waals surface area contributed by atoms with Crippen LogP contribution in [0.5, 0.6) is 0 Å². The van der Waals surface area contributed by atoms with Crippen LogP contribution in [-0.2, 0) is 36.8 Å². The van der Waals surface area contributed by atoms with Crippen LogP contribution < -0.4 is 31.9 Å². The van der Waals surface area contributed by atoms with Gasteiger partial charge >= 0.3 is 6.09 Å². The van der Waals surface area contributed by atoms with Crippen molar-refractivity contribution in [2.75, 3.05) is 25.1 Å². The summed E-state index contributed by atoms with van der Waals surface area (Å²) in [6.07, 6.45) is 14.8. The number of aryl methyl sites for hydroxylation is 1. The Morgan fingerprint density at radius 3 is 2.24 bits per heavy atom. The molecule has 16 nitrogen and oxygen atoms in total. The van der Waals surface area contributed by atoms with E-state index in [1.54, 1.807) is 81.1 Å². The number of carbonyl (C=O) groups is 7. The molecule has 3 aromatic carbocycles. The molecule has 0 unspecified atom stereocenters. The van der Waals surface area contributed by atoms with Crippen molar-refractivity contribution in [3.63, 3.8) is 0 Å². The summed E-state index contributed by atoms with van der Waals surface area (Å²) in [6, 6.07) is 18.1. The first-order valence-electron chi connectivity index (χ1n) is 26.5. The molecule has 0 aromatic heterocycles. The number of hydrogen-bond donors (Lipinski definition) is 6. The van der Waals surface area contributed by atoms with E-state index in [2.05, 4.69) is 69.8 Å². The van der Waals surface area contributed by atoms with E-state index in [0.29, 0.717) is 47.6 Å². The zero-order valence-electron chi connectivity index (χ0n) is 44.6. The molecule has 0 spiro atoms. The highest BCUT2D eigenvalue weighted by molar-refractivity contribution is 6.79. The number of hydrogen-bond acceptors (Lipinski definition) is 9. The van der Waals surface area contributed by atoms with Gasteiger partial charge in [0.25, 0.3) is 11.8 Å². The molecule has 17 heteroatoms. The van der Waals surface area contributed by atoms with Gasteiger partial charge < -0.3 is 41.5 Å². The third-order valence-electron chi connectivity index (χ3n) is 14.5. The molecule has 6 N–H and O–H groups in total. The average molecular weight is 1040 g/mol. The van der Waals surface area contributed by atoms with Gasteiger partial charge in [-0.2, -0.15) is 0 Å². The fraction of sp³-hybridized carbons (Fsp3) is 0.466. The van der Waals surface area contributed by atoms with Crippen LogP contribution in [-0.4, -0.2) is 121 Å². The number of likely N-dealkylation sites (N-methyl/N-ethyl adjacent to an activating group) is 1. The fourth-order valence-corrected chi connectivity index (χ4v) is 13.1. The SMILES string of the molecule is C=C1/C=C\C=C/CCCC[C@H]1NC(=O)[C@@H]1C[C@H](NC(=O)c2ccc(C(=O)Nc3ccc(C[C@H](NC(=O)[C@H](C)N(C)C(=O)OC(C)(C)C)C(=O)N4C[Si](C)(C)C[C@H]4C(=O)N[C@@H]4CCCc5ccccc54)cc3)cc2)CN1. The zero-order valence-corrected chi connectivity index (χ0v) is 45.6. The van der Waals surface area contributed by atoms with Gasteiger partial charge in [-0.3, -0.25) is 33.7 Å². The van der Waals surface area contributed by atoms with E-state index in [0.717, 1.165) is 56.1 Å². The second kappa shape index (κ2) is 24.7. The Morgan fingerprint density at radius 1 is 0.840 bits per heavy atom. The molecular formula is C58H76N8O8Si. The molecule has 7 amide bonds. The summed E-state index contributed by atoms with van der Waals surface area (Å²) < 4.78 is 5.52. The van der Waals surface area contributed by atoms with E-state index in [1.165, 1.54) is 17.5 Å². The van der Waals surface area contributed by atoms with Crippen molar-refractivity contribution >= 4 is 55.3 Å². The highest BCUT2D eigenvalue weighted by Crippen LogP contribution is 2.33. The van der Waals surface area contributed by atoms with Gasteiger partial charge in [0.15, 0.2) is 0 Å². The lowest BCUT2D eigenvalue weighted by atomic mass is 9.87. The van der Waals surface area contributed by atoms with Crippen molar-refractivity contribution in [1.82, 2.24) is 36.4 Å². The Kier molecular flexibility index (Phi) is 18.4. The van der Waals surface area contributed by atoms with Crippen molar-refractivity contribution < 1.29 is 38.3 Å². The molecule has 0 radical (unpaired) electrons. The molecule has 0 saturated carbocycles. The number of ether oxygens (including phenoxy) is 1. The molecule has 7 rings (SSSR count). The quantitative estimate of drug-likeness (QED) is 0.0913. The molecule has 2 saturated heterocycles. The second-order valence-electron chi connectivity index (χ2n) is 22.3. The maximum absolute atomic E-state index is 14.9. The zero-order chi connectivity index (χ0) is 54.0. The first-order valence-corrected chi connectivity index (χ1v) is 29.9. The summed E-state index contributed by atoms with van der Waals surface area (Å²) >= 11 is 0. The van der Waals surface area contributed by atoms with Crippen LogP contribution >= 0.6 is 0 Å². The van der Waals surface area contributed by atoms with Crippen molar-refractivity contribution in [3.8, 4) is 0 Å². The van der Waals surface area contributed by atoms with Crippen LogP contribution in [0.2, 0.25) is 19.1 Å². The van der Waals surface area contributed by atoms with Gasteiger partial charge in [0, 0.05) is 49.0 Å². The predicted molar refractivity (Wildman–Crippen MR) is 293 cm³/mol. The maximum Gasteiger partial charge on any atom is 0.410 e. The van der Waals surface area contributed by atoms with Crippen LogP contribution in [0, 0.1) is 0 Å². The molecule has 400 valence electrons. The summed E-state index contributed by atoms with van der Waals surface area (Å²) in [5.74, 6) is -2.02. The molecule has 75 heavy (non-hydrogen) atoms. The van der Waals surface area contributed by atoms with Crippen molar-refractivity contribution in [2.45, 2.75) is 153 Å². The first-order chi connectivity index (χ1) is 35.6. The number of amides is 7. The number of nitrogens with zero attached hydrogens (tertiary/aromatic N) is 2. The van der Waals surface area contributed by atoms with E-state index in [9.17, 15) is 33.6 Å². The molecule has 2 heterocycles. The number of benzene rings is 3. The summed E-state index contributed by atoms with van der Waals surface area (Å²) in [5.41, 5.74) is 4.21. The lowest BCUT2D eigenvalue weighted by Crippen LogP contribution is -2.57. The Labute approximate surface area is 442 Å². The number of carbonyl (C=O) groups excluding carboxylic acids is 7.